The lowest BCUT2D eigenvalue weighted by Crippen LogP contribution is -2.49. The van der Waals surface area contributed by atoms with Crippen LogP contribution in [0.5, 0.6) is 0 Å². The van der Waals surface area contributed by atoms with Gasteiger partial charge in [0.15, 0.2) is 0 Å². The number of hydrogen-bond acceptors (Lipinski definition) is 6. The van der Waals surface area contributed by atoms with Crippen LogP contribution in [0.2, 0.25) is 0 Å². The average Bonchev–Trinajstić information content (AvgIpc) is 2.84. The van der Waals surface area contributed by atoms with Gasteiger partial charge in [0, 0.05) is 42.5 Å². The van der Waals surface area contributed by atoms with E-state index in [1.54, 1.807) is 16.8 Å². The molecule has 0 amide bonds. The van der Waals surface area contributed by atoms with Crippen molar-refractivity contribution in [2.45, 2.75) is 38.6 Å². The number of nitrogens with zero attached hydrogens (tertiary/aromatic N) is 5. The standard InChI is InChI=1S/C15H19N5OS/c1-10-5-6-13(21)20(17-10)9-11-7-19(8-11)15-16-14(18-22-15)12-3-2-4-12/h5-6,11-12H,2-4,7-9H2,1H3. The van der Waals surface area contributed by atoms with E-state index in [1.165, 1.54) is 30.8 Å². The van der Waals surface area contributed by atoms with Crippen molar-refractivity contribution in [2.24, 2.45) is 5.92 Å². The van der Waals surface area contributed by atoms with Crippen LogP contribution in [0.15, 0.2) is 16.9 Å². The maximum absolute atomic E-state index is 11.8. The van der Waals surface area contributed by atoms with Gasteiger partial charge in [0.2, 0.25) is 5.13 Å². The topological polar surface area (TPSA) is 63.9 Å². The first-order chi connectivity index (χ1) is 10.7. The predicted molar refractivity (Wildman–Crippen MR) is 85.4 cm³/mol. The third kappa shape index (κ3) is 2.54. The summed E-state index contributed by atoms with van der Waals surface area (Å²) in [6, 6.07) is 3.35. The number of aryl methyl sites for hydroxylation is 1. The van der Waals surface area contributed by atoms with Gasteiger partial charge in [-0.3, -0.25) is 4.79 Å². The van der Waals surface area contributed by atoms with Crippen LogP contribution in [-0.2, 0) is 6.54 Å². The van der Waals surface area contributed by atoms with E-state index in [0.717, 1.165) is 29.7 Å². The highest BCUT2D eigenvalue weighted by atomic mass is 32.1. The second-order valence-corrected chi connectivity index (χ2v) is 7.06. The molecule has 0 unspecified atom stereocenters. The maximum Gasteiger partial charge on any atom is 0.266 e. The smallest absolute Gasteiger partial charge is 0.266 e. The molecule has 1 aliphatic heterocycles. The Morgan fingerprint density at radius 1 is 1.32 bits per heavy atom. The first-order valence-electron chi connectivity index (χ1n) is 7.82. The molecule has 6 nitrogen and oxygen atoms in total. The monoisotopic (exact) mass is 317 g/mol. The third-order valence-corrected chi connectivity index (χ3v) is 5.35. The molecule has 2 aliphatic rings. The largest absolute Gasteiger partial charge is 0.346 e. The molecular weight excluding hydrogens is 298 g/mol. The van der Waals surface area contributed by atoms with Crippen LogP contribution in [-0.4, -0.2) is 32.2 Å². The Labute approximate surface area is 133 Å². The zero-order valence-electron chi connectivity index (χ0n) is 12.6. The normalized spacial score (nSPS) is 19.0. The number of aromatic nitrogens is 4. The fourth-order valence-corrected chi connectivity index (χ4v) is 3.72. The Morgan fingerprint density at radius 2 is 2.14 bits per heavy atom. The second kappa shape index (κ2) is 5.46. The Bertz CT molecular complexity index is 730. The minimum absolute atomic E-state index is 0.0211. The summed E-state index contributed by atoms with van der Waals surface area (Å²) in [5.41, 5.74) is 0.859. The minimum atomic E-state index is -0.0211. The average molecular weight is 317 g/mol. The van der Waals surface area contributed by atoms with Gasteiger partial charge in [-0.05, 0) is 25.8 Å². The highest BCUT2D eigenvalue weighted by Crippen LogP contribution is 2.37. The summed E-state index contributed by atoms with van der Waals surface area (Å²) < 4.78 is 6.08. The Hall–Kier alpha value is -1.76. The van der Waals surface area contributed by atoms with Crippen molar-refractivity contribution in [3.63, 3.8) is 0 Å². The lowest BCUT2D eigenvalue weighted by molar-refractivity contribution is 0.333. The fraction of sp³-hybridized carbons (Fsp3) is 0.600. The van der Waals surface area contributed by atoms with Gasteiger partial charge in [0.05, 0.1) is 12.2 Å². The molecule has 2 aromatic heterocycles. The lowest BCUT2D eigenvalue weighted by atomic mass is 9.85. The molecule has 7 heteroatoms. The molecule has 22 heavy (non-hydrogen) atoms. The molecule has 3 heterocycles. The number of hydrogen-bond donors (Lipinski definition) is 0. The quantitative estimate of drug-likeness (QED) is 0.860. The van der Waals surface area contributed by atoms with Crippen molar-refractivity contribution >= 4 is 16.7 Å². The van der Waals surface area contributed by atoms with E-state index < -0.39 is 0 Å². The first-order valence-corrected chi connectivity index (χ1v) is 8.60. The van der Waals surface area contributed by atoms with E-state index >= 15 is 0 Å². The molecule has 0 aromatic carbocycles. The molecule has 1 aliphatic carbocycles. The van der Waals surface area contributed by atoms with Gasteiger partial charge in [-0.1, -0.05) is 6.42 Å². The molecule has 0 N–H and O–H groups in total. The molecule has 2 aromatic rings. The predicted octanol–water partition coefficient (Wildman–Crippen LogP) is 1.81. The summed E-state index contributed by atoms with van der Waals surface area (Å²) in [6.07, 6.45) is 3.78. The molecule has 1 saturated carbocycles. The van der Waals surface area contributed by atoms with Crippen molar-refractivity contribution in [2.75, 3.05) is 18.0 Å². The third-order valence-electron chi connectivity index (χ3n) is 4.56. The van der Waals surface area contributed by atoms with Crippen LogP contribution in [0.1, 0.15) is 36.7 Å². The van der Waals surface area contributed by atoms with Gasteiger partial charge in [0.25, 0.3) is 5.56 Å². The van der Waals surface area contributed by atoms with Crippen LogP contribution >= 0.6 is 11.5 Å². The first kappa shape index (κ1) is 13.9. The Morgan fingerprint density at radius 3 is 2.86 bits per heavy atom. The van der Waals surface area contributed by atoms with E-state index in [1.807, 2.05) is 6.92 Å². The van der Waals surface area contributed by atoms with Crippen molar-refractivity contribution in [1.82, 2.24) is 19.1 Å². The summed E-state index contributed by atoms with van der Waals surface area (Å²) in [6.45, 7) is 4.46. The zero-order chi connectivity index (χ0) is 15.1. The summed E-state index contributed by atoms with van der Waals surface area (Å²) in [7, 11) is 0. The Balaban J connectivity index is 1.36. The zero-order valence-corrected chi connectivity index (χ0v) is 13.4. The van der Waals surface area contributed by atoms with Gasteiger partial charge in [0.1, 0.15) is 5.82 Å². The Kier molecular flexibility index (Phi) is 3.44. The molecule has 2 fully saturated rings. The van der Waals surface area contributed by atoms with Crippen molar-refractivity contribution < 1.29 is 0 Å². The maximum atomic E-state index is 11.8. The summed E-state index contributed by atoms with van der Waals surface area (Å²) in [5.74, 6) is 2.09. The van der Waals surface area contributed by atoms with E-state index in [9.17, 15) is 4.79 Å². The van der Waals surface area contributed by atoms with Crippen LogP contribution in [0, 0.1) is 12.8 Å². The highest BCUT2D eigenvalue weighted by Gasteiger charge is 2.31. The molecule has 0 atom stereocenters. The van der Waals surface area contributed by atoms with Crippen LogP contribution in [0.3, 0.4) is 0 Å². The van der Waals surface area contributed by atoms with E-state index in [4.69, 9.17) is 0 Å². The van der Waals surface area contributed by atoms with Crippen molar-refractivity contribution in [3.8, 4) is 0 Å². The van der Waals surface area contributed by atoms with Gasteiger partial charge in [-0.2, -0.15) is 9.47 Å². The SMILES string of the molecule is Cc1ccc(=O)n(CC2CN(c3nc(C4CCC4)ns3)C2)n1. The summed E-state index contributed by atoms with van der Waals surface area (Å²) in [5, 5.41) is 5.33. The van der Waals surface area contributed by atoms with Crippen molar-refractivity contribution in [1.29, 1.82) is 0 Å². The van der Waals surface area contributed by atoms with Crippen LogP contribution in [0.4, 0.5) is 5.13 Å². The molecule has 1 saturated heterocycles. The fourth-order valence-electron chi connectivity index (χ4n) is 2.95. The van der Waals surface area contributed by atoms with Gasteiger partial charge in [-0.15, -0.1) is 0 Å². The second-order valence-electron chi connectivity index (χ2n) is 6.33. The molecule has 0 spiro atoms. The summed E-state index contributed by atoms with van der Waals surface area (Å²) in [4.78, 5) is 18.7. The molecule has 4 rings (SSSR count). The number of rotatable bonds is 4. The molecule has 0 radical (unpaired) electrons. The van der Waals surface area contributed by atoms with Gasteiger partial charge < -0.3 is 4.90 Å². The van der Waals surface area contributed by atoms with E-state index in [2.05, 4.69) is 19.4 Å². The minimum Gasteiger partial charge on any atom is -0.346 e. The molecule has 0 bridgehead atoms. The van der Waals surface area contributed by atoms with Crippen LogP contribution < -0.4 is 10.5 Å². The molecule has 116 valence electrons. The van der Waals surface area contributed by atoms with Gasteiger partial charge in [-0.25, -0.2) is 9.67 Å². The lowest BCUT2D eigenvalue weighted by Gasteiger charge is -2.38. The van der Waals surface area contributed by atoms with E-state index in [0.29, 0.717) is 18.4 Å². The van der Waals surface area contributed by atoms with Crippen LogP contribution in [0.25, 0.3) is 0 Å². The van der Waals surface area contributed by atoms with Gasteiger partial charge >= 0.3 is 0 Å². The van der Waals surface area contributed by atoms with E-state index in [-0.39, 0.29) is 5.56 Å². The highest BCUT2D eigenvalue weighted by molar-refractivity contribution is 7.09. The summed E-state index contributed by atoms with van der Waals surface area (Å²) >= 11 is 1.51. The van der Waals surface area contributed by atoms with Crippen molar-refractivity contribution in [3.05, 3.63) is 34.0 Å². The number of anilines is 1. The molecular formula is C15H19N5OS.